The summed E-state index contributed by atoms with van der Waals surface area (Å²) in [4.78, 5) is 55.1. The highest BCUT2D eigenvalue weighted by atomic mass is 79.9. The van der Waals surface area contributed by atoms with Crippen LogP contribution >= 0.6 is 15.9 Å². The fourth-order valence-electron chi connectivity index (χ4n) is 7.29. The van der Waals surface area contributed by atoms with Gasteiger partial charge in [0.05, 0.1) is 18.1 Å². The third-order valence-corrected chi connectivity index (χ3v) is 12.1. The van der Waals surface area contributed by atoms with Crippen LogP contribution in [0, 0.1) is 29.1 Å². The van der Waals surface area contributed by atoms with Crippen molar-refractivity contribution in [1.29, 1.82) is 0 Å². The molecule has 4 aliphatic rings. The number of likely N-dealkylation sites (tertiary alicyclic amines) is 1. The van der Waals surface area contributed by atoms with Gasteiger partial charge in [-0.25, -0.2) is 9.59 Å². The molecule has 1 aromatic carbocycles. The number of carbonyl (C=O) groups excluding carboxylic acids is 4. The molecule has 3 aliphatic carbocycles. The highest BCUT2D eigenvalue weighted by Crippen LogP contribution is 2.57. The first-order chi connectivity index (χ1) is 21.5. The molecule has 0 bridgehead atoms. The summed E-state index contributed by atoms with van der Waals surface area (Å²) in [5.41, 5.74) is -2.02. The van der Waals surface area contributed by atoms with E-state index >= 15 is 0 Å². The van der Waals surface area contributed by atoms with Crippen molar-refractivity contribution in [3.05, 3.63) is 28.7 Å². The minimum absolute atomic E-state index is 0.0780. The first-order valence-corrected chi connectivity index (χ1v) is 18.1. The average Bonchev–Trinajstić information content (AvgIpc) is 3.66. The van der Waals surface area contributed by atoms with Gasteiger partial charge in [-0.05, 0) is 72.6 Å². The van der Waals surface area contributed by atoms with Gasteiger partial charge in [-0.15, -0.1) is 0 Å². The van der Waals surface area contributed by atoms with Crippen LogP contribution in [-0.4, -0.2) is 80.7 Å². The number of halogens is 1. The Hall–Kier alpha value is -2.71. The Morgan fingerprint density at radius 1 is 1.07 bits per heavy atom. The third-order valence-electron chi connectivity index (χ3n) is 10.2. The molecule has 1 heterocycles. The summed E-state index contributed by atoms with van der Waals surface area (Å²) in [6.45, 7) is 9.20. The molecular weight excluding hydrogens is 682 g/mol. The second-order valence-corrected chi connectivity index (χ2v) is 16.7. The lowest BCUT2D eigenvalue weighted by Crippen LogP contribution is -2.59. The zero-order chi connectivity index (χ0) is 33.8. The minimum atomic E-state index is -4.25. The molecule has 0 unspecified atom stereocenters. The topological polar surface area (TPSA) is 157 Å². The molecule has 5 rings (SSSR count). The van der Waals surface area contributed by atoms with Crippen LogP contribution in [0.2, 0.25) is 0 Å². The maximum absolute atomic E-state index is 14.3. The van der Waals surface area contributed by atoms with Crippen molar-refractivity contribution < 1.29 is 41.3 Å². The summed E-state index contributed by atoms with van der Waals surface area (Å²) in [5.74, 6) is -0.146. The Morgan fingerprint density at radius 3 is 2.24 bits per heavy atom. The Labute approximate surface area is 278 Å². The average molecular weight is 727 g/mol. The monoisotopic (exact) mass is 725 g/mol. The van der Waals surface area contributed by atoms with Crippen LogP contribution in [0.25, 0.3) is 0 Å². The SMILES string of the molecule is CC[C@@H]1C[C@]1(NC(=O)[C@@H]1C[C@H](OS(=O)(=O)c2ccc(Br)cc2)CN1C(=O)[C@@H](NC(=O)O[C@@H]1C[C@@H]2[C@H](C)[C@@H]2C1)C(C)(C)C)C(=O)OC. The van der Waals surface area contributed by atoms with E-state index in [0.29, 0.717) is 35.1 Å². The number of fused-ring (bicyclic) bond motifs is 1. The lowest BCUT2D eigenvalue weighted by Gasteiger charge is -2.35. The molecule has 12 nitrogen and oxygen atoms in total. The van der Waals surface area contributed by atoms with Gasteiger partial charge < -0.3 is 25.0 Å². The number of methoxy groups -OCH3 is 1. The molecule has 3 amide bonds. The summed E-state index contributed by atoms with van der Waals surface area (Å²) in [7, 11) is -3.00. The van der Waals surface area contributed by atoms with Gasteiger partial charge in [-0.3, -0.25) is 13.8 Å². The largest absolute Gasteiger partial charge is 0.467 e. The summed E-state index contributed by atoms with van der Waals surface area (Å²) in [5, 5.41) is 5.55. The van der Waals surface area contributed by atoms with E-state index in [0.717, 1.165) is 12.8 Å². The first-order valence-electron chi connectivity index (χ1n) is 15.9. The number of nitrogens with zero attached hydrogens (tertiary/aromatic N) is 1. The highest BCUT2D eigenvalue weighted by Gasteiger charge is 2.62. The van der Waals surface area contributed by atoms with Gasteiger partial charge in [-0.1, -0.05) is 57.0 Å². The zero-order valence-electron chi connectivity index (χ0n) is 27.1. The number of hydrogen-bond donors (Lipinski definition) is 2. The molecule has 46 heavy (non-hydrogen) atoms. The van der Waals surface area contributed by atoms with E-state index in [2.05, 4.69) is 33.5 Å². The van der Waals surface area contributed by atoms with Crippen LogP contribution in [0.4, 0.5) is 4.79 Å². The lowest BCUT2D eigenvalue weighted by molar-refractivity contribution is -0.148. The van der Waals surface area contributed by atoms with E-state index in [1.807, 2.05) is 6.92 Å². The molecular formula is C32H44BrN3O9S. The predicted octanol–water partition coefficient (Wildman–Crippen LogP) is 3.77. The molecule has 1 saturated heterocycles. The molecule has 4 fully saturated rings. The van der Waals surface area contributed by atoms with Crippen molar-refractivity contribution in [2.75, 3.05) is 13.7 Å². The molecule has 14 heteroatoms. The minimum Gasteiger partial charge on any atom is -0.467 e. The number of ether oxygens (including phenoxy) is 2. The summed E-state index contributed by atoms with van der Waals surface area (Å²) in [6, 6.07) is 3.63. The number of alkyl carbamates (subject to hydrolysis) is 1. The molecule has 0 aromatic heterocycles. The maximum atomic E-state index is 14.3. The fraction of sp³-hybridized carbons (Fsp3) is 0.688. The number of nitrogens with one attached hydrogen (secondary N) is 2. The molecule has 1 aliphatic heterocycles. The van der Waals surface area contributed by atoms with Gasteiger partial charge in [0.1, 0.15) is 23.7 Å². The van der Waals surface area contributed by atoms with E-state index in [9.17, 15) is 27.6 Å². The Bertz CT molecular complexity index is 1470. The van der Waals surface area contributed by atoms with Crippen LogP contribution in [0.5, 0.6) is 0 Å². The first kappa shape index (κ1) is 34.6. The molecule has 254 valence electrons. The Morgan fingerprint density at radius 2 is 1.70 bits per heavy atom. The fourth-order valence-corrected chi connectivity index (χ4v) is 8.63. The molecule has 0 radical (unpaired) electrons. The quantitative estimate of drug-likeness (QED) is 0.271. The number of amides is 3. The normalized spacial score (nSPS) is 32.2. The van der Waals surface area contributed by atoms with Gasteiger partial charge in [0.15, 0.2) is 0 Å². The molecule has 9 atom stereocenters. The number of carbonyl (C=O) groups is 4. The van der Waals surface area contributed by atoms with Crippen LogP contribution in [0.15, 0.2) is 33.6 Å². The molecule has 2 N–H and O–H groups in total. The van der Waals surface area contributed by atoms with Crippen LogP contribution < -0.4 is 10.6 Å². The predicted molar refractivity (Wildman–Crippen MR) is 170 cm³/mol. The lowest BCUT2D eigenvalue weighted by atomic mass is 9.85. The van der Waals surface area contributed by atoms with Gasteiger partial charge in [0.2, 0.25) is 11.8 Å². The van der Waals surface area contributed by atoms with E-state index < -0.39 is 63.1 Å². The molecule has 3 saturated carbocycles. The van der Waals surface area contributed by atoms with Crippen molar-refractivity contribution in [2.24, 2.45) is 29.1 Å². The second-order valence-electron chi connectivity index (χ2n) is 14.3. The van der Waals surface area contributed by atoms with E-state index in [1.54, 1.807) is 32.9 Å². The van der Waals surface area contributed by atoms with E-state index in [1.165, 1.54) is 24.1 Å². The number of esters is 1. The summed E-state index contributed by atoms with van der Waals surface area (Å²) < 4.78 is 43.3. The molecule has 0 spiro atoms. The van der Waals surface area contributed by atoms with Gasteiger partial charge in [-0.2, -0.15) is 8.42 Å². The van der Waals surface area contributed by atoms with E-state index in [-0.39, 0.29) is 29.9 Å². The van der Waals surface area contributed by atoms with Crippen LogP contribution in [0.3, 0.4) is 0 Å². The van der Waals surface area contributed by atoms with Gasteiger partial charge in [0.25, 0.3) is 10.1 Å². The van der Waals surface area contributed by atoms with Crippen molar-refractivity contribution in [2.45, 2.75) is 101 Å². The number of benzene rings is 1. The zero-order valence-corrected chi connectivity index (χ0v) is 29.5. The van der Waals surface area contributed by atoms with Crippen molar-refractivity contribution in [3.63, 3.8) is 0 Å². The Kier molecular flexibility index (Phi) is 9.57. The summed E-state index contributed by atoms with van der Waals surface area (Å²) in [6.07, 6.45) is 0.469. The van der Waals surface area contributed by atoms with Crippen LogP contribution in [0.1, 0.15) is 66.7 Å². The van der Waals surface area contributed by atoms with Crippen LogP contribution in [-0.2, 0) is 38.2 Å². The van der Waals surface area contributed by atoms with Gasteiger partial charge in [0, 0.05) is 17.4 Å². The van der Waals surface area contributed by atoms with E-state index in [4.69, 9.17) is 13.7 Å². The molecule has 1 aromatic rings. The highest BCUT2D eigenvalue weighted by molar-refractivity contribution is 9.10. The summed E-state index contributed by atoms with van der Waals surface area (Å²) >= 11 is 3.28. The number of rotatable bonds is 10. The second kappa shape index (κ2) is 12.7. The smallest absolute Gasteiger partial charge is 0.408 e. The number of hydrogen-bond acceptors (Lipinski definition) is 9. The van der Waals surface area contributed by atoms with Crippen molar-refractivity contribution in [1.82, 2.24) is 15.5 Å². The van der Waals surface area contributed by atoms with Crippen molar-refractivity contribution >= 4 is 49.9 Å². The van der Waals surface area contributed by atoms with Crippen molar-refractivity contribution in [3.8, 4) is 0 Å². The standard InChI is InChI=1S/C32H44BrN3O9S/c1-7-18-15-32(18,29(39)43-6)35-27(37)25-14-21(45-46(41,42)22-10-8-19(33)9-11-22)16-36(25)28(38)26(31(3,4)5)34-30(40)44-20-12-23-17(2)24(23)13-20/h8-11,17-18,20-21,23-26H,7,12-16H2,1-6H3,(H,34,40)(H,35,37)/t17-,18-,20+,21+,23+,24-,25+,26-,32-/m1/s1. The maximum Gasteiger partial charge on any atom is 0.408 e. The third kappa shape index (κ3) is 6.94. The Balaban J connectivity index is 1.36. The van der Waals surface area contributed by atoms with Gasteiger partial charge >= 0.3 is 12.1 Å².